The standard InChI is InChI=1S/C15H27N3O2S/c1-2-3-9-16-13(19)8-6-4-5-7-12-14-11(10-21-12)17-15(20)18-14/h11-12,14H,2-10H2,1H3,(H,16,19)(H2,17,18,20)/t11?,12-,14?/m1/s1. The highest BCUT2D eigenvalue weighted by molar-refractivity contribution is 8.00. The van der Waals surface area contributed by atoms with Gasteiger partial charge in [-0.2, -0.15) is 11.8 Å². The van der Waals surface area contributed by atoms with E-state index in [4.69, 9.17) is 0 Å². The quantitative estimate of drug-likeness (QED) is 0.450. The fourth-order valence-electron chi connectivity index (χ4n) is 2.94. The molecule has 5 nitrogen and oxygen atoms in total. The molecule has 2 saturated heterocycles. The van der Waals surface area contributed by atoms with Crippen molar-refractivity contribution in [3.8, 4) is 0 Å². The molecule has 0 aromatic rings. The molecule has 2 heterocycles. The van der Waals surface area contributed by atoms with Crippen molar-refractivity contribution >= 4 is 23.7 Å². The lowest BCUT2D eigenvalue weighted by molar-refractivity contribution is -0.121. The van der Waals surface area contributed by atoms with Crippen molar-refractivity contribution in [2.75, 3.05) is 12.3 Å². The Kier molecular flexibility index (Phi) is 6.67. The molecule has 0 spiro atoms. The average Bonchev–Trinajstić information content (AvgIpc) is 2.99. The molecular formula is C15H27N3O2S. The van der Waals surface area contributed by atoms with Gasteiger partial charge in [0.05, 0.1) is 12.1 Å². The SMILES string of the molecule is CCCCNC(=O)CCCCC[C@H]1SCC2NC(=O)NC21. The summed E-state index contributed by atoms with van der Waals surface area (Å²) in [6.45, 7) is 2.93. The number of amides is 3. The second-order valence-electron chi connectivity index (χ2n) is 5.92. The summed E-state index contributed by atoms with van der Waals surface area (Å²) in [4.78, 5) is 22.8. The van der Waals surface area contributed by atoms with Crippen molar-refractivity contribution in [2.24, 2.45) is 0 Å². The van der Waals surface area contributed by atoms with Crippen molar-refractivity contribution in [3.05, 3.63) is 0 Å². The Bertz CT molecular complexity index is 365. The number of carbonyl (C=O) groups is 2. The number of hydrogen-bond donors (Lipinski definition) is 3. The number of fused-ring (bicyclic) bond motifs is 1. The second kappa shape index (κ2) is 8.51. The fourth-order valence-corrected chi connectivity index (χ4v) is 4.49. The molecule has 0 radical (unpaired) electrons. The zero-order valence-corrected chi connectivity index (χ0v) is 13.6. The number of nitrogens with one attached hydrogen (secondary N) is 3. The van der Waals surface area contributed by atoms with Crippen LogP contribution in [-0.4, -0.2) is 41.6 Å². The second-order valence-corrected chi connectivity index (χ2v) is 7.20. The molecule has 0 saturated carbocycles. The Balaban J connectivity index is 1.50. The smallest absolute Gasteiger partial charge is 0.315 e. The molecule has 0 aliphatic carbocycles. The fraction of sp³-hybridized carbons (Fsp3) is 0.867. The normalized spacial score (nSPS) is 27.1. The first-order valence-corrected chi connectivity index (χ1v) is 9.21. The zero-order chi connectivity index (χ0) is 15.1. The number of carbonyl (C=O) groups excluding carboxylic acids is 2. The predicted molar refractivity (Wildman–Crippen MR) is 86.5 cm³/mol. The van der Waals surface area contributed by atoms with Crippen molar-refractivity contribution in [3.63, 3.8) is 0 Å². The van der Waals surface area contributed by atoms with Gasteiger partial charge in [-0.25, -0.2) is 4.79 Å². The number of thioether (sulfide) groups is 1. The first kappa shape index (κ1) is 16.5. The summed E-state index contributed by atoms with van der Waals surface area (Å²) in [6.07, 6.45) is 7.15. The van der Waals surface area contributed by atoms with Crippen LogP contribution in [0.2, 0.25) is 0 Å². The lowest BCUT2D eigenvalue weighted by Crippen LogP contribution is -2.36. The summed E-state index contributed by atoms with van der Waals surface area (Å²) < 4.78 is 0. The van der Waals surface area contributed by atoms with Crippen LogP contribution in [0.3, 0.4) is 0 Å². The minimum absolute atomic E-state index is 0.0148. The van der Waals surface area contributed by atoms with Gasteiger partial charge in [-0.3, -0.25) is 4.79 Å². The predicted octanol–water partition coefficient (Wildman–Crippen LogP) is 2.02. The van der Waals surface area contributed by atoms with Crippen LogP contribution >= 0.6 is 11.8 Å². The van der Waals surface area contributed by atoms with Crippen LogP contribution in [0, 0.1) is 0 Å². The lowest BCUT2D eigenvalue weighted by Gasteiger charge is -2.16. The third-order valence-corrected chi connectivity index (χ3v) is 5.69. The third kappa shape index (κ3) is 5.09. The van der Waals surface area contributed by atoms with E-state index >= 15 is 0 Å². The van der Waals surface area contributed by atoms with Crippen molar-refractivity contribution < 1.29 is 9.59 Å². The molecule has 2 aliphatic rings. The molecule has 0 aromatic carbocycles. The number of unbranched alkanes of at least 4 members (excludes halogenated alkanes) is 3. The van der Waals surface area contributed by atoms with Gasteiger partial charge in [0.2, 0.25) is 5.91 Å². The Morgan fingerprint density at radius 1 is 1.29 bits per heavy atom. The topological polar surface area (TPSA) is 70.2 Å². The van der Waals surface area contributed by atoms with E-state index < -0.39 is 0 Å². The van der Waals surface area contributed by atoms with Gasteiger partial charge in [-0.15, -0.1) is 0 Å². The molecule has 2 aliphatic heterocycles. The van der Waals surface area contributed by atoms with Crippen molar-refractivity contribution in [2.45, 2.75) is 69.2 Å². The number of rotatable bonds is 9. The third-order valence-electron chi connectivity index (χ3n) is 4.18. The van der Waals surface area contributed by atoms with E-state index in [1.54, 1.807) is 0 Å². The first-order valence-electron chi connectivity index (χ1n) is 8.16. The van der Waals surface area contributed by atoms with Gasteiger partial charge in [0.1, 0.15) is 0 Å². The monoisotopic (exact) mass is 313 g/mol. The first-order chi connectivity index (χ1) is 10.2. The van der Waals surface area contributed by atoms with E-state index in [0.29, 0.717) is 23.8 Å². The highest BCUT2D eigenvalue weighted by Crippen LogP contribution is 2.33. The molecular weight excluding hydrogens is 286 g/mol. The Morgan fingerprint density at radius 3 is 2.95 bits per heavy atom. The van der Waals surface area contributed by atoms with Gasteiger partial charge in [0.25, 0.3) is 0 Å². The van der Waals surface area contributed by atoms with Crippen LogP contribution < -0.4 is 16.0 Å². The van der Waals surface area contributed by atoms with Crippen molar-refractivity contribution in [1.82, 2.24) is 16.0 Å². The molecule has 2 rings (SSSR count). The highest BCUT2D eigenvalue weighted by atomic mass is 32.2. The lowest BCUT2D eigenvalue weighted by atomic mass is 10.0. The van der Waals surface area contributed by atoms with Crippen LogP contribution in [0.25, 0.3) is 0 Å². The summed E-state index contributed by atoms with van der Waals surface area (Å²) in [5.74, 6) is 1.21. The van der Waals surface area contributed by atoms with Gasteiger partial charge in [-0.05, 0) is 19.3 Å². The van der Waals surface area contributed by atoms with Gasteiger partial charge in [0.15, 0.2) is 0 Å². The molecule has 6 heteroatoms. The van der Waals surface area contributed by atoms with Crippen LogP contribution in [-0.2, 0) is 4.79 Å². The number of hydrogen-bond acceptors (Lipinski definition) is 3. The maximum Gasteiger partial charge on any atom is 0.315 e. The van der Waals surface area contributed by atoms with E-state index in [1.165, 1.54) is 0 Å². The minimum Gasteiger partial charge on any atom is -0.356 e. The van der Waals surface area contributed by atoms with E-state index in [9.17, 15) is 9.59 Å². The van der Waals surface area contributed by atoms with Crippen LogP contribution in [0.15, 0.2) is 0 Å². The molecule has 21 heavy (non-hydrogen) atoms. The zero-order valence-electron chi connectivity index (χ0n) is 12.8. The Morgan fingerprint density at radius 2 is 2.14 bits per heavy atom. The Labute approximate surface area is 131 Å². The molecule has 0 bridgehead atoms. The maximum absolute atomic E-state index is 11.6. The van der Waals surface area contributed by atoms with Crippen molar-refractivity contribution in [1.29, 1.82) is 0 Å². The van der Waals surface area contributed by atoms with Crippen LogP contribution in [0.1, 0.15) is 51.9 Å². The molecule has 3 atom stereocenters. The van der Waals surface area contributed by atoms with Gasteiger partial charge in [0, 0.05) is 24.0 Å². The van der Waals surface area contributed by atoms with E-state index in [0.717, 1.165) is 50.8 Å². The largest absolute Gasteiger partial charge is 0.356 e. The summed E-state index contributed by atoms with van der Waals surface area (Å²) in [5, 5.41) is 9.47. The molecule has 3 N–H and O–H groups in total. The summed E-state index contributed by atoms with van der Waals surface area (Å²) in [5.41, 5.74) is 0. The molecule has 2 unspecified atom stereocenters. The Hall–Kier alpha value is -0.910. The maximum atomic E-state index is 11.6. The summed E-state index contributed by atoms with van der Waals surface area (Å²) in [7, 11) is 0. The van der Waals surface area contributed by atoms with E-state index in [1.807, 2.05) is 11.8 Å². The van der Waals surface area contributed by atoms with Crippen LogP contribution in [0.5, 0.6) is 0 Å². The molecule has 0 aromatic heterocycles. The molecule has 120 valence electrons. The van der Waals surface area contributed by atoms with E-state index in [2.05, 4.69) is 22.9 Å². The van der Waals surface area contributed by atoms with E-state index in [-0.39, 0.29) is 11.9 Å². The van der Waals surface area contributed by atoms with Gasteiger partial charge < -0.3 is 16.0 Å². The molecule has 2 fully saturated rings. The minimum atomic E-state index is -0.0148. The average molecular weight is 313 g/mol. The van der Waals surface area contributed by atoms with Gasteiger partial charge >= 0.3 is 6.03 Å². The number of urea groups is 1. The van der Waals surface area contributed by atoms with Crippen LogP contribution in [0.4, 0.5) is 4.79 Å². The highest BCUT2D eigenvalue weighted by Gasteiger charge is 2.42. The summed E-state index contributed by atoms with van der Waals surface area (Å²) in [6, 6.07) is 0.607. The van der Waals surface area contributed by atoms with Gasteiger partial charge in [-0.1, -0.05) is 26.2 Å². The summed E-state index contributed by atoms with van der Waals surface area (Å²) >= 11 is 1.96. The molecule has 3 amide bonds.